The van der Waals surface area contributed by atoms with Crippen LogP contribution in [0.3, 0.4) is 0 Å². The third-order valence-electron chi connectivity index (χ3n) is 9.23. The molecule has 0 fully saturated rings. The van der Waals surface area contributed by atoms with Crippen LogP contribution in [0.15, 0.2) is 133 Å². The van der Waals surface area contributed by atoms with Gasteiger partial charge in [-0.3, -0.25) is 4.79 Å². The molecule has 0 saturated carbocycles. The van der Waals surface area contributed by atoms with Crippen molar-refractivity contribution in [2.75, 3.05) is 27.4 Å². The fourth-order valence-electron chi connectivity index (χ4n) is 6.84. The molecule has 0 spiro atoms. The van der Waals surface area contributed by atoms with E-state index in [-0.39, 0.29) is 25.5 Å². The van der Waals surface area contributed by atoms with Crippen molar-refractivity contribution >= 4 is 38.2 Å². The van der Waals surface area contributed by atoms with E-state index in [0.717, 1.165) is 44.5 Å². The van der Waals surface area contributed by atoms with Crippen LogP contribution in [0.4, 0.5) is 0 Å². The SMILES string of the molecule is COc1ccc(C(OCC(CO)NC(=O)Cc2ccc3ccc4cccc5ccc2c3c45)(c2ccccc2)c2ccc(OC)cc2)cc1. The second kappa shape index (κ2) is 13.4. The third-order valence-corrected chi connectivity index (χ3v) is 9.23. The Labute approximate surface area is 279 Å². The molecule has 48 heavy (non-hydrogen) atoms. The summed E-state index contributed by atoms with van der Waals surface area (Å²) in [4.78, 5) is 13.6. The first-order valence-corrected chi connectivity index (χ1v) is 16.1. The van der Waals surface area contributed by atoms with E-state index in [2.05, 4.69) is 53.8 Å². The highest BCUT2D eigenvalue weighted by Gasteiger charge is 2.38. The van der Waals surface area contributed by atoms with Gasteiger partial charge in [0, 0.05) is 0 Å². The topological polar surface area (TPSA) is 77.0 Å². The second-order valence-electron chi connectivity index (χ2n) is 12.0. The zero-order valence-electron chi connectivity index (χ0n) is 27.0. The first kappa shape index (κ1) is 31.2. The summed E-state index contributed by atoms with van der Waals surface area (Å²) in [6.07, 6.45) is 0.172. The first-order chi connectivity index (χ1) is 23.5. The Morgan fingerprint density at radius 3 is 1.77 bits per heavy atom. The molecule has 1 unspecified atom stereocenters. The van der Waals surface area contributed by atoms with Gasteiger partial charge in [-0.15, -0.1) is 0 Å². The zero-order chi connectivity index (χ0) is 33.1. The predicted molar refractivity (Wildman–Crippen MR) is 191 cm³/mol. The van der Waals surface area contributed by atoms with Gasteiger partial charge in [0.2, 0.25) is 5.91 Å². The van der Waals surface area contributed by atoms with Crippen LogP contribution in [0.1, 0.15) is 22.3 Å². The van der Waals surface area contributed by atoms with Gasteiger partial charge in [0.05, 0.1) is 39.9 Å². The van der Waals surface area contributed by atoms with Gasteiger partial charge >= 0.3 is 0 Å². The molecular weight excluding hydrogens is 598 g/mol. The van der Waals surface area contributed by atoms with Crippen LogP contribution in [-0.2, 0) is 21.6 Å². The Hall–Kier alpha value is -5.43. The molecular formula is C42H37NO5. The van der Waals surface area contributed by atoms with E-state index in [0.29, 0.717) is 0 Å². The van der Waals surface area contributed by atoms with Crippen LogP contribution in [0.2, 0.25) is 0 Å². The van der Waals surface area contributed by atoms with Gasteiger partial charge in [0.1, 0.15) is 17.1 Å². The first-order valence-electron chi connectivity index (χ1n) is 16.1. The van der Waals surface area contributed by atoms with Crippen molar-refractivity contribution < 1.29 is 24.1 Å². The molecule has 0 aromatic heterocycles. The lowest BCUT2D eigenvalue weighted by molar-refractivity contribution is -0.122. The second-order valence-corrected chi connectivity index (χ2v) is 12.0. The number of ether oxygens (including phenoxy) is 3. The van der Waals surface area contributed by atoms with Gasteiger partial charge in [-0.25, -0.2) is 0 Å². The highest BCUT2D eigenvalue weighted by Crippen LogP contribution is 2.42. The predicted octanol–water partition coefficient (Wildman–Crippen LogP) is 7.63. The Bertz CT molecular complexity index is 2100. The normalized spacial score (nSPS) is 12.4. The number of amides is 1. The average Bonchev–Trinajstić information content (AvgIpc) is 3.15. The summed E-state index contributed by atoms with van der Waals surface area (Å²) in [6.45, 7) is -0.242. The molecule has 0 aliphatic rings. The van der Waals surface area contributed by atoms with E-state index < -0.39 is 11.6 Å². The Morgan fingerprint density at radius 2 is 1.19 bits per heavy atom. The summed E-state index contributed by atoms with van der Waals surface area (Å²) in [5.41, 5.74) is 2.51. The van der Waals surface area contributed by atoms with E-state index in [1.165, 1.54) is 21.5 Å². The molecule has 0 aliphatic heterocycles. The van der Waals surface area contributed by atoms with Gasteiger partial charge in [0.15, 0.2) is 0 Å². The van der Waals surface area contributed by atoms with Crippen LogP contribution in [-0.4, -0.2) is 44.5 Å². The summed E-state index contributed by atoms with van der Waals surface area (Å²) < 4.78 is 17.8. The molecule has 0 bridgehead atoms. The Morgan fingerprint density at radius 1 is 0.646 bits per heavy atom. The van der Waals surface area contributed by atoms with E-state index >= 15 is 0 Å². The molecule has 6 heteroatoms. The Balaban J connectivity index is 1.19. The summed E-state index contributed by atoms with van der Waals surface area (Å²) in [5.74, 6) is 1.26. The molecule has 0 heterocycles. The van der Waals surface area contributed by atoms with Crippen molar-refractivity contribution in [2.24, 2.45) is 0 Å². The van der Waals surface area contributed by atoms with E-state index in [1.54, 1.807) is 14.2 Å². The van der Waals surface area contributed by atoms with Gasteiger partial charge in [0.25, 0.3) is 0 Å². The van der Waals surface area contributed by atoms with Crippen LogP contribution < -0.4 is 14.8 Å². The molecule has 240 valence electrons. The molecule has 0 saturated heterocycles. The lowest BCUT2D eigenvalue weighted by Gasteiger charge is -2.37. The molecule has 7 aromatic rings. The van der Waals surface area contributed by atoms with E-state index in [4.69, 9.17) is 14.2 Å². The highest BCUT2D eigenvalue weighted by atomic mass is 16.5. The van der Waals surface area contributed by atoms with Gasteiger partial charge in [-0.2, -0.15) is 0 Å². The summed E-state index contributed by atoms with van der Waals surface area (Å²) >= 11 is 0. The van der Waals surface area contributed by atoms with Gasteiger partial charge < -0.3 is 24.6 Å². The maximum Gasteiger partial charge on any atom is 0.224 e. The minimum Gasteiger partial charge on any atom is -0.497 e. The molecule has 6 nitrogen and oxygen atoms in total. The average molecular weight is 636 g/mol. The highest BCUT2D eigenvalue weighted by molar-refractivity contribution is 6.23. The number of carbonyl (C=O) groups excluding carboxylic acids is 1. The van der Waals surface area contributed by atoms with Gasteiger partial charge in [-0.05, 0) is 78.8 Å². The summed E-state index contributed by atoms with van der Waals surface area (Å²) in [7, 11) is 3.27. The number of aliphatic hydroxyl groups is 1. The standard InChI is InChI=1S/C42H37NO5/c1-46-36-20-16-33(17-21-36)42(32-9-4-3-5-10-32,34-18-22-37(47-2)23-19-34)48-27-35(26-44)43-39(45)25-31-14-13-30-12-11-28-7-6-8-29-15-24-38(31)41(30)40(28)29/h3-24,35,44H,25-27H2,1-2H3,(H,43,45). The number of benzene rings is 7. The lowest BCUT2D eigenvalue weighted by Crippen LogP contribution is -2.44. The fourth-order valence-corrected chi connectivity index (χ4v) is 6.84. The third kappa shape index (κ3) is 5.70. The number of aliphatic hydroxyl groups excluding tert-OH is 1. The van der Waals surface area contributed by atoms with Crippen LogP contribution in [0.25, 0.3) is 32.3 Å². The molecule has 0 aliphatic carbocycles. The van der Waals surface area contributed by atoms with E-state index in [1.807, 2.05) is 84.9 Å². The van der Waals surface area contributed by atoms with Gasteiger partial charge in [-0.1, -0.05) is 109 Å². The maximum atomic E-state index is 13.6. The van der Waals surface area contributed by atoms with E-state index in [9.17, 15) is 9.90 Å². The van der Waals surface area contributed by atoms with Crippen molar-refractivity contribution in [1.29, 1.82) is 0 Å². The molecule has 7 aromatic carbocycles. The van der Waals surface area contributed by atoms with Crippen molar-refractivity contribution in [2.45, 2.75) is 18.1 Å². The van der Waals surface area contributed by atoms with Crippen molar-refractivity contribution in [1.82, 2.24) is 5.32 Å². The van der Waals surface area contributed by atoms with Crippen molar-refractivity contribution in [3.63, 3.8) is 0 Å². The lowest BCUT2D eigenvalue weighted by atomic mass is 9.80. The summed E-state index contributed by atoms with van der Waals surface area (Å²) in [6, 6.07) is 43.8. The Kier molecular flexibility index (Phi) is 8.68. The summed E-state index contributed by atoms with van der Waals surface area (Å²) in [5, 5.41) is 20.5. The van der Waals surface area contributed by atoms with Crippen LogP contribution >= 0.6 is 0 Å². The van der Waals surface area contributed by atoms with Crippen molar-refractivity contribution in [3.8, 4) is 11.5 Å². The smallest absolute Gasteiger partial charge is 0.224 e. The monoisotopic (exact) mass is 635 g/mol. The number of hydrogen-bond donors (Lipinski definition) is 2. The molecule has 0 radical (unpaired) electrons. The largest absolute Gasteiger partial charge is 0.497 e. The number of hydrogen-bond acceptors (Lipinski definition) is 5. The molecule has 1 atom stereocenters. The maximum absolute atomic E-state index is 13.6. The van der Waals surface area contributed by atoms with Crippen LogP contribution in [0.5, 0.6) is 11.5 Å². The van der Waals surface area contributed by atoms with Crippen molar-refractivity contribution in [3.05, 3.63) is 156 Å². The minimum atomic E-state index is -1.07. The number of methoxy groups -OCH3 is 2. The number of rotatable bonds is 12. The molecule has 1 amide bonds. The fraction of sp³-hybridized carbons (Fsp3) is 0.167. The quantitative estimate of drug-likeness (QED) is 0.107. The number of carbonyl (C=O) groups is 1. The minimum absolute atomic E-state index is 0.0493. The molecule has 2 N–H and O–H groups in total. The van der Waals surface area contributed by atoms with Crippen LogP contribution in [0, 0.1) is 0 Å². The zero-order valence-corrected chi connectivity index (χ0v) is 27.0. The molecule has 7 rings (SSSR count). The number of nitrogens with one attached hydrogen (secondary N) is 1.